The van der Waals surface area contributed by atoms with Crippen molar-refractivity contribution >= 4 is 11.7 Å². The number of non-ortho nitro benzene ring substituents is 1. The first-order valence-corrected chi connectivity index (χ1v) is 5.52. The van der Waals surface area contributed by atoms with Crippen LogP contribution in [0.15, 0.2) is 41.2 Å². The lowest BCUT2D eigenvalue weighted by atomic mass is 10.1. The summed E-state index contributed by atoms with van der Waals surface area (Å²) in [6, 6.07) is 8.27. The van der Waals surface area contributed by atoms with E-state index in [1.807, 2.05) is 0 Å². The number of aliphatic carboxylic acids is 1. The van der Waals surface area contributed by atoms with Gasteiger partial charge in [-0.2, -0.15) is 5.10 Å². The number of carbonyl (C=O) groups is 1. The Balaban J connectivity index is 2.47. The summed E-state index contributed by atoms with van der Waals surface area (Å²) in [6.45, 7) is -0.568. The molecule has 0 fully saturated rings. The Hall–Kier alpha value is -3.03. The molecule has 8 nitrogen and oxygen atoms in total. The van der Waals surface area contributed by atoms with Gasteiger partial charge in [-0.3, -0.25) is 19.7 Å². The summed E-state index contributed by atoms with van der Waals surface area (Å²) in [7, 11) is 0. The van der Waals surface area contributed by atoms with E-state index in [2.05, 4.69) is 5.10 Å². The lowest BCUT2D eigenvalue weighted by Crippen LogP contribution is -2.26. The van der Waals surface area contributed by atoms with Crippen molar-refractivity contribution in [3.63, 3.8) is 0 Å². The van der Waals surface area contributed by atoms with Crippen LogP contribution in [-0.2, 0) is 11.3 Å². The molecular weight excluding hydrogens is 266 g/mol. The maximum atomic E-state index is 11.4. The van der Waals surface area contributed by atoms with Crippen LogP contribution in [0.2, 0.25) is 0 Å². The molecule has 1 aromatic carbocycles. The fraction of sp³-hybridized carbons (Fsp3) is 0.0833. The molecule has 1 N–H and O–H groups in total. The molecule has 0 spiro atoms. The largest absolute Gasteiger partial charge is 0.480 e. The minimum Gasteiger partial charge on any atom is -0.480 e. The molecule has 0 aliphatic heterocycles. The average molecular weight is 275 g/mol. The highest BCUT2D eigenvalue weighted by atomic mass is 16.6. The first-order chi connectivity index (χ1) is 9.47. The summed E-state index contributed by atoms with van der Waals surface area (Å²) in [5, 5.41) is 23.3. The van der Waals surface area contributed by atoms with Gasteiger partial charge < -0.3 is 5.11 Å². The summed E-state index contributed by atoms with van der Waals surface area (Å²) in [6.07, 6.45) is 0. The Morgan fingerprint density at radius 1 is 1.35 bits per heavy atom. The van der Waals surface area contributed by atoms with Crippen LogP contribution in [0.3, 0.4) is 0 Å². The SMILES string of the molecule is O=C(O)Cn1nc(-c2cccc([N+](=O)[O-])c2)ccc1=O. The third-order valence-corrected chi connectivity index (χ3v) is 2.50. The highest BCUT2D eigenvalue weighted by Gasteiger charge is 2.10. The normalized spacial score (nSPS) is 10.2. The van der Waals surface area contributed by atoms with Crippen LogP contribution >= 0.6 is 0 Å². The van der Waals surface area contributed by atoms with Crippen LogP contribution < -0.4 is 5.56 Å². The fourth-order valence-corrected chi connectivity index (χ4v) is 1.62. The first kappa shape index (κ1) is 13.4. The van der Waals surface area contributed by atoms with Gasteiger partial charge in [0, 0.05) is 23.8 Å². The minimum absolute atomic E-state index is 0.111. The third kappa shape index (κ3) is 2.86. The van der Waals surface area contributed by atoms with Crippen molar-refractivity contribution in [3.05, 3.63) is 56.9 Å². The molecule has 0 saturated heterocycles. The smallest absolute Gasteiger partial charge is 0.325 e. The van der Waals surface area contributed by atoms with E-state index in [9.17, 15) is 19.7 Å². The highest BCUT2D eigenvalue weighted by molar-refractivity contribution is 5.66. The van der Waals surface area contributed by atoms with Crippen LogP contribution in [0.25, 0.3) is 11.3 Å². The van der Waals surface area contributed by atoms with Crippen molar-refractivity contribution in [3.8, 4) is 11.3 Å². The number of hydrogen-bond donors (Lipinski definition) is 1. The predicted molar refractivity (Wildman–Crippen MR) is 68.2 cm³/mol. The number of carboxylic acids is 1. The molecule has 8 heteroatoms. The van der Waals surface area contributed by atoms with E-state index in [1.165, 1.54) is 30.3 Å². The van der Waals surface area contributed by atoms with E-state index in [-0.39, 0.29) is 11.4 Å². The average Bonchev–Trinajstić information content (AvgIpc) is 2.41. The second-order valence-corrected chi connectivity index (χ2v) is 3.92. The molecule has 0 aliphatic carbocycles. The maximum Gasteiger partial charge on any atom is 0.325 e. The van der Waals surface area contributed by atoms with Gasteiger partial charge >= 0.3 is 5.97 Å². The van der Waals surface area contributed by atoms with Crippen LogP contribution in [0, 0.1) is 10.1 Å². The fourth-order valence-electron chi connectivity index (χ4n) is 1.62. The second kappa shape index (κ2) is 5.31. The Morgan fingerprint density at radius 2 is 2.10 bits per heavy atom. The van der Waals surface area contributed by atoms with Crippen LogP contribution in [0.5, 0.6) is 0 Å². The number of aromatic nitrogens is 2. The maximum absolute atomic E-state index is 11.4. The lowest BCUT2D eigenvalue weighted by molar-refractivity contribution is -0.384. The molecule has 0 amide bonds. The molecule has 2 rings (SSSR count). The van der Waals surface area contributed by atoms with Gasteiger partial charge in [-0.25, -0.2) is 4.68 Å². The third-order valence-electron chi connectivity index (χ3n) is 2.50. The van der Waals surface area contributed by atoms with Gasteiger partial charge in [-0.1, -0.05) is 12.1 Å². The van der Waals surface area contributed by atoms with E-state index in [0.717, 1.165) is 4.68 Å². The molecule has 0 atom stereocenters. The van der Waals surface area contributed by atoms with Gasteiger partial charge in [0.15, 0.2) is 0 Å². The van der Waals surface area contributed by atoms with Gasteiger partial charge in [0.1, 0.15) is 6.54 Å². The monoisotopic (exact) mass is 275 g/mol. The van der Waals surface area contributed by atoms with E-state index in [1.54, 1.807) is 6.07 Å². The van der Waals surface area contributed by atoms with Gasteiger partial charge in [0.05, 0.1) is 10.6 Å². The zero-order valence-corrected chi connectivity index (χ0v) is 10.1. The molecule has 102 valence electrons. The van der Waals surface area contributed by atoms with Gasteiger partial charge in [0.25, 0.3) is 11.2 Å². The summed E-state index contributed by atoms with van der Waals surface area (Å²) in [4.78, 5) is 32.2. The highest BCUT2D eigenvalue weighted by Crippen LogP contribution is 2.21. The Bertz CT molecular complexity index is 738. The molecule has 0 aliphatic rings. The van der Waals surface area contributed by atoms with Crippen molar-refractivity contribution in [2.75, 3.05) is 0 Å². The van der Waals surface area contributed by atoms with Crippen molar-refractivity contribution in [1.29, 1.82) is 0 Å². The van der Waals surface area contributed by atoms with E-state index < -0.39 is 23.0 Å². The summed E-state index contributed by atoms with van der Waals surface area (Å²) in [5.74, 6) is -1.20. The molecule has 2 aromatic rings. The number of nitrogens with zero attached hydrogens (tertiary/aromatic N) is 3. The number of rotatable bonds is 4. The zero-order valence-electron chi connectivity index (χ0n) is 10.1. The van der Waals surface area contributed by atoms with Crippen molar-refractivity contribution in [2.45, 2.75) is 6.54 Å². The summed E-state index contributed by atoms with van der Waals surface area (Å²) >= 11 is 0. The molecule has 1 aromatic heterocycles. The predicted octanol–water partition coefficient (Wildman–Crippen LogP) is 0.903. The van der Waals surface area contributed by atoms with E-state index in [0.29, 0.717) is 5.56 Å². The molecule has 0 saturated carbocycles. The molecule has 1 heterocycles. The van der Waals surface area contributed by atoms with Crippen LogP contribution in [0.1, 0.15) is 0 Å². The van der Waals surface area contributed by atoms with Gasteiger partial charge in [0.2, 0.25) is 0 Å². The summed E-state index contributed by atoms with van der Waals surface area (Å²) < 4.78 is 0.788. The Kier molecular flexibility index (Phi) is 3.56. The number of benzene rings is 1. The minimum atomic E-state index is -1.20. The molecular formula is C12H9N3O5. The number of carboxylic acid groups (broad SMARTS) is 1. The number of nitro benzene ring substituents is 1. The quantitative estimate of drug-likeness (QED) is 0.654. The zero-order chi connectivity index (χ0) is 14.7. The first-order valence-electron chi connectivity index (χ1n) is 5.52. The van der Waals surface area contributed by atoms with Gasteiger partial charge in [-0.15, -0.1) is 0 Å². The molecule has 0 unspecified atom stereocenters. The van der Waals surface area contributed by atoms with E-state index >= 15 is 0 Å². The Labute approximate surface area is 112 Å². The van der Waals surface area contributed by atoms with Crippen LogP contribution in [-0.4, -0.2) is 25.8 Å². The van der Waals surface area contributed by atoms with Crippen molar-refractivity contribution in [2.24, 2.45) is 0 Å². The summed E-state index contributed by atoms with van der Waals surface area (Å²) in [5.41, 5.74) is 0.0507. The molecule has 0 radical (unpaired) electrons. The topological polar surface area (TPSA) is 115 Å². The lowest BCUT2D eigenvalue weighted by Gasteiger charge is -2.04. The van der Waals surface area contributed by atoms with E-state index in [4.69, 9.17) is 5.11 Å². The molecule has 0 bridgehead atoms. The van der Waals surface area contributed by atoms with Gasteiger partial charge in [-0.05, 0) is 6.07 Å². The van der Waals surface area contributed by atoms with Crippen molar-refractivity contribution in [1.82, 2.24) is 9.78 Å². The molecule has 20 heavy (non-hydrogen) atoms. The number of nitro groups is 1. The van der Waals surface area contributed by atoms with Crippen molar-refractivity contribution < 1.29 is 14.8 Å². The second-order valence-electron chi connectivity index (χ2n) is 3.92. The van der Waals surface area contributed by atoms with Crippen LogP contribution in [0.4, 0.5) is 5.69 Å². The number of hydrogen-bond acceptors (Lipinski definition) is 5. The standard InChI is InChI=1S/C12H9N3O5/c16-11-5-4-10(13-14(11)7-12(17)18)8-2-1-3-9(6-8)15(19)20/h1-6H,7H2,(H,17,18). The Morgan fingerprint density at radius 3 is 2.75 bits per heavy atom.